The summed E-state index contributed by atoms with van der Waals surface area (Å²) in [7, 11) is 0. The molecule has 0 saturated carbocycles. The summed E-state index contributed by atoms with van der Waals surface area (Å²) in [6, 6.07) is 2.68. The average molecular weight is 305 g/mol. The molecule has 0 aliphatic carbocycles. The Balaban J connectivity index is 2.01. The Labute approximate surface area is 130 Å². The van der Waals surface area contributed by atoms with E-state index in [1.807, 2.05) is 6.07 Å². The Morgan fingerprint density at radius 2 is 1.95 bits per heavy atom. The van der Waals surface area contributed by atoms with Gasteiger partial charge >= 0.3 is 5.97 Å². The van der Waals surface area contributed by atoms with Crippen LogP contribution in [0.15, 0.2) is 18.3 Å². The van der Waals surface area contributed by atoms with Crippen LogP contribution in [0, 0.1) is 0 Å². The van der Waals surface area contributed by atoms with Gasteiger partial charge in [-0.15, -0.1) is 0 Å². The van der Waals surface area contributed by atoms with Crippen LogP contribution in [0.2, 0.25) is 0 Å². The SMILES string of the molecule is CCC(NC(=O)c1ccc(N2CCCCCC2)nc1)C(=O)O. The lowest BCUT2D eigenvalue weighted by molar-refractivity contribution is -0.139. The molecule has 1 atom stereocenters. The van der Waals surface area contributed by atoms with Crippen molar-refractivity contribution in [3.63, 3.8) is 0 Å². The Bertz CT molecular complexity index is 508. The van der Waals surface area contributed by atoms with Crippen molar-refractivity contribution in [2.45, 2.75) is 45.1 Å². The van der Waals surface area contributed by atoms with E-state index in [0.717, 1.165) is 18.9 Å². The molecular formula is C16H23N3O3. The second-order valence-electron chi connectivity index (χ2n) is 5.58. The number of nitrogens with one attached hydrogen (secondary N) is 1. The zero-order chi connectivity index (χ0) is 15.9. The van der Waals surface area contributed by atoms with Crippen molar-refractivity contribution < 1.29 is 14.7 Å². The summed E-state index contributed by atoms with van der Waals surface area (Å²) in [6.45, 7) is 3.71. The largest absolute Gasteiger partial charge is 0.480 e. The number of aromatic nitrogens is 1. The minimum atomic E-state index is -1.02. The van der Waals surface area contributed by atoms with E-state index in [1.165, 1.54) is 31.9 Å². The number of carboxylic acid groups (broad SMARTS) is 1. The molecule has 120 valence electrons. The number of amides is 1. The van der Waals surface area contributed by atoms with Crippen LogP contribution in [0.1, 0.15) is 49.4 Å². The molecule has 6 heteroatoms. The highest BCUT2D eigenvalue weighted by atomic mass is 16.4. The Morgan fingerprint density at radius 1 is 1.27 bits per heavy atom. The first-order valence-electron chi connectivity index (χ1n) is 7.86. The molecule has 0 spiro atoms. The second kappa shape index (κ2) is 7.77. The maximum absolute atomic E-state index is 12.0. The van der Waals surface area contributed by atoms with Crippen molar-refractivity contribution >= 4 is 17.7 Å². The van der Waals surface area contributed by atoms with Gasteiger partial charge in [-0.2, -0.15) is 0 Å². The minimum absolute atomic E-state index is 0.348. The normalized spacial score (nSPS) is 16.7. The van der Waals surface area contributed by atoms with Crippen molar-refractivity contribution in [3.05, 3.63) is 23.9 Å². The van der Waals surface area contributed by atoms with Crippen LogP contribution in [-0.4, -0.2) is 41.1 Å². The molecule has 1 saturated heterocycles. The fraction of sp³-hybridized carbons (Fsp3) is 0.562. The van der Waals surface area contributed by atoms with Crippen molar-refractivity contribution in [1.29, 1.82) is 0 Å². The zero-order valence-electron chi connectivity index (χ0n) is 12.9. The first kappa shape index (κ1) is 16.3. The monoisotopic (exact) mass is 305 g/mol. The van der Waals surface area contributed by atoms with Gasteiger partial charge in [0.2, 0.25) is 0 Å². The topological polar surface area (TPSA) is 82.5 Å². The number of carboxylic acids is 1. The molecule has 0 aromatic carbocycles. The molecule has 1 aliphatic heterocycles. The zero-order valence-corrected chi connectivity index (χ0v) is 12.9. The van der Waals surface area contributed by atoms with Gasteiger partial charge in [0, 0.05) is 19.3 Å². The highest BCUT2D eigenvalue weighted by Gasteiger charge is 2.19. The number of hydrogen-bond acceptors (Lipinski definition) is 4. The fourth-order valence-electron chi connectivity index (χ4n) is 2.59. The summed E-state index contributed by atoms with van der Waals surface area (Å²) in [4.78, 5) is 29.6. The number of nitrogens with zero attached hydrogens (tertiary/aromatic N) is 2. The highest BCUT2D eigenvalue weighted by Crippen LogP contribution is 2.17. The first-order valence-corrected chi connectivity index (χ1v) is 7.86. The number of pyridine rings is 1. The molecule has 1 aromatic rings. The Hall–Kier alpha value is -2.11. The molecule has 2 heterocycles. The van der Waals surface area contributed by atoms with Gasteiger partial charge < -0.3 is 15.3 Å². The number of aliphatic carboxylic acids is 1. The molecule has 1 aromatic heterocycles. The minimum Gasteiger partial charge on any atom is -0.480 e. The molecular weight excluding hydrogens is 282 g/mol. The first-order chi connectivity index (χ1) is 10.6. The number of rotatable bonds is 5. The number of carbonyl (C=O) groups excluding carboxylic acids is 1. The predicted molar refractivity (Wildman–Crippen MR) is 84.1 cm³/mol. The van der Waals surface area contributed by atoms with E-state index in [2.05, 4.69) is 15.2 Å². The molecule has 2 rings (SSSR count). The van der Waals surface area contributed by atoms with Crippen LogP contribution in [0.4, 0.5) is 5.82 Å². The summed E-state index contributed by atoms with van der Waals surface area (Å²) >= 11 is 0. The van der Waals surface area contributed by atoms with Gasteiger partial charge in [0.25, 0.3) is 5.91 Å². The van der Waals surface area contributed by atoms with Gasteiger partial charge in [0.05, 0.1) is 5.56 Å². The van der Waals surface area contributed by atoms with Crippen LogP contribution in [-0.2, 0) is 4.79 Å². The summed E-state index contributed by atoms with van der Waals surface area (Å²) in [5.41, 5.74) is 0.387. The van der Waals surface area contributed by atoms with Crippen LogP contribution in [0.5, 0.6) is 0 Å². The van der Waals surface area contributed by atoms with E-state index in [1.54, 1.807) is 13.0 Å². The molecule has 1 aliphatic rings. The summed E-state index contributed by atoms with van der Waals surface area (Å²) < 4.78 is 0. The Morgan fingerprint density at radius 3 is 2.45 bits per heavy atom. The summed E-state index contributed by atoms with van der Waals surface area (Å²) in [5, 5.41) is 11.5. The van der Waals surface area contributed by atoms with Crippen LogP contribution < -0.4 is 10.2 Å². The van der Waals surface area contributed by atoms with Crippen molar-refractivity contribution in [2.24, 2.45) is 0 Å². The molecule has 1 amide bonds. The fourth-order valence-corrected chi connectivity index (χ4v) is 2.59. The van der Waals surface area contributed by atoms with Crippen LogP contribution >= 0.6 is 0 Å². The molecule has 1 unspecified atom stereocenters. The van der Waals surface area contributed by atoms with Gasteiger partial charge in [-0.1, -0.05) is 19.8 Å². The third-order valence-corrected chi connectivity index (χ3v) is 3.95. The average Bonchev–Trinajstić information content (AvgIpc) is 2.81. The van der Waals surface area contributed by atoms with Crippen LogP contribution in [0.25, 0.3) is 0 Å². The standard InChI is InChI=1S/C16H23N3O3/c1-2-13(16(21)22)18-15(20)12-7-8-14(17-11-12)19-9-5-3-4-6-10-19/h7-8,11,13H,2-6,9-10H2,1H3,(H,18,20)(H,21,22). The lowest BCUT2D eigenvalue weighted by Gasteiger charge is -2.21. The third kappa shape index (κ3) is 4.19. The molecule has 2 N–H and O–H groups in total. The van der Waals surface area contributed by atoms with Gasteiger partial charge in [-0.25, -0.2) is 9.78 Å². The van der Waals surface area contributed by atoms with Crippen molar-refractivity contribution in [2.75, 3.05) is 18.0 Å². The number of hydrogen-bond donors (Lipinski definition) is 2. The highest BCUT2D eigenvalue weighted by molar-refractivity contribution is 5.96. The number of carbonyl (C=O) groups is 2. The smallest absolute Gasteiger partial charge is 0.326 e. The quantitative estimate of drug-likeness (QED) is 0.870. The lowest BCUT2D eigenvalue weighted by atomic mass is 10.2. The molecule has 0 radical (unpaired) electrons. The van der Waals surface area contributed by atoms with E-state index in [4.69, 9.17) is 5.11 Å². The van der Waals surface area contributed by atoms with Gasteiger partial charge in [-0.05, 0) is 31.4 Å². The van der Waals surface area contributed by atoms with E-state index >= 15 is 0 Å². The van der Waals surface area contributed by atoms with Gasteiger partial charge in [0.15, 0.2) is 0 Å². The van der Waals surface area contributed by atoms with Gasteiger partial charge in [-0.3, -0.25) is 4.79 Å². The summed E-state index contributed by atoms with van der Waals surface area (Å²) in [6.07, 6.45) is 6.71. The molecule has 6 nitrogen and oxygen atoms in total. The predicted octanol–water partition coefficient (Wildman–Crippen LogP) is 2.05. The van der Waals surface area contributed by atoms with E-state index in [0.29, 0.717) is 12.0 Å². The van der Waals surface area contributed by atoms with E-state index in [-0.39, 0.29) is 0 Å². The van der Waals surface area contributed by atoms with E-state index in [9.17, 15) is 9.59 Å². The van der Waals surface area contributed by atoms with Crippen molar-refractivity contribution in [3.8, 4) is 0 Å². The lowest BCUT2D eigenvalue weighted by Crippen LogP contribution is -2.40. The second-order valence-corrected chi connectivity index (χ2v) is 5.58. The Kier molecular flexibility index (Phi) is 5.75. The van der Waals surface area contributed by atoms with E-state index < -0.39 is 17.9 Å². The molecule has 22 heavy (non-hydrogen) atoms. The maximum Gasteiger partial charge on any atom is 0.326 e. The number of anilines is 1. The van der Waals surface area contributed by atoms with Crippen molar-refractivity contribution in [1.82, 2.24) is 10.3 Å². The molecule has 0 bridgehead atoms. The third-order valence-electron chi connectivity index (χ3n) is 3.95. The van der Waals surface area contributed by atoms with Crippen LogP contribution in [0.3, 0.4) is 0 Å². The summed E-state index contributed by atoms with van der Waals surface area (Å²) in [5.74, 6) is -0.544. The molecule has 1 fully saturated rings. The van der Waals surface area contributed by atoms with Gasteiger partial charge in [0.1, 0.15) is 11.9 Å². The maximum atomic E-state index is 12.0.